The van der Waals surface area contributed by atoms with E-state index in [1.807, 2.05) is 53.1 Å². The summed E-state index contributed by atoms with van der Waals surface area (Å²) in [6.07, 6.45) is -0.623. The number of nitrogens with two attached hydrogens (primary N) is 1. The van der Waals surface area contributed by atoms with E-state index in [9.17, 15) is 4.79 Å². The maximum atomic E-state index is 13.0. The zero-order valence-electron chi connectivity index (χ0n) is 40.8. The summed E-state index contributed by atoms with van der Waals surface area (Å²) < 4.78 is 36.7. The van der Waals surface area contributed by atoms with E-state index in [1.54, 1.807) is 6.07 Å². The second-order valence-corrected chi connectivity index (χ2v) is 36.1. The summed E-state index contributed by atoms with van der Waals surface area (Å²) in [6.45, 7) is 35.0. The molecule has 0 radical (unpaired) electrons. The first-order valence-corrected chi connectivity index (χ1v) is 31.2. The van der Waals surface area contributed by atoms with Crippen LogP contribution in [0.15, 0.2) is 85.2 Å². The number of anilines is 2. The van der Waals surface area contributed by atoms with E-state index in [0.29, 0.717) is 35.8 Å². The maximum Gasteiger partial charge on any atom is 0.338 e. The van der Waals surface area contributed by atoms with Crippen LogP contribution in [0.3, 0.4) is 0 Å². The number of nitrogen functional groups attached to an aromatic ring is 1. The third-order valence-electron chi connectivity index (χ3n) is 14.0. The fourth-order valence-corrected chi connectivity index (χ4v) is 10.4. The van der Waals surface area contributed by atoms with E-state index < -0.39 is 49.5 Å². The fourth-order valence-electron chi connectivity index (χ4n) is 6.78. The first kappa shape index (κ1) is 49.2. The number of hydrogen-bond acceptors (Lipinski definition) is 11. The minimum absolute atomic E-state index is 0.00278. The van der Waals surface area contributed by atoms with Crippen LogP contribution in [0.25, 0.3) is 22.3 Å². The molecule has 5 aromatic rings. The van der Waals surface area contributed by atoms with Crippen LogP contribution >= 0.6 is 0 Å². The van der Waals surface area contributed by atoms with Crippen molar-refractivity contribution in [1.82, 2.24) is 19.5 Å². The first-order chi connectivity index (χ1) is 29.7. The molecule has 0 bridgehead atoms. The maximum absolute atomic E-state index is 13.0. The van der Waals surface area contributed by atoms with Crippen LogP contribution < -0.4 is 11.1 Å². The Morgan fingerprint density at radius 2 is 1.34 bits per heavy atom. The van der Waals surface area contributed by atoms with Gasteiger partial charge < -0.3 is 33.8 Å². The molecule has 346 valence electrons. The van der Waals surface area contributed by atoms with Gasteiger partial charge in [0.25, 0.3) is 0 Å². The van der Waals surface area contributed by atoms with E-state index >= 15 is 0 Å². The van der Waals surface area contributed by atoms with Gasteiger partial charge in [-0.25, -0.2) is 19.7 Å². The van der Waals surface area contributed by atoms with Crippen LogP contribution in [0.2, 0.25) is 54.4 Å². The number of carbonyl (C=O) groups excluding carboxylic acids is 1. The number of imidazole rings is 1. The van der Waals surface area contributed by atoms with Gasteiger partial charge in [0.2, 0.25) is 5.95 Å². The Hall–Kier alpha value is -4.23. The molecule has 6 rings (SSSR count). The molecule has 0 aliphatic carbocycles. The lowest BCUT2D eigenvalue weighted by Crippen LogP contribution is -2.54. The third-order valence-corrected chi connectivity index (χ3v) is 27.4. The fraction of sp³-hybridized carbons (Fsp3) is 0.510. The van der Waals surface area contributed by atoms with Gasteiger partial charge >= 0.3 is 5.97 Å². The van der Waals surface area contributed by atoms with Gasteiger partial charge in [0, 0.05) is 6.54 Å². The van der Waals surface area contributed by atoms with Crippen molar-refractivity contribution in [1.29, 1.82) is 0 Å². The van der Waals surface area contributed by atoms with Gasteiger partial charge in [0.15, 0.2) is 48.2 Å². The summed E-state index contributed by atoms with van der Waals surface area (Å²) in [6, 6.07) is 25.4. The second kappa shape index (κ2) is 18.6. The number of aromatic nitrogens is 4. The quantitative estimate of drug-likeness (QED) is 0.0764. The van der Waals surface area contributed by atoms with Gasteiger partial charge in [-0.05, 0) is 88.8 Å². The third kappa shape index (κ3) is 10.9. The molecule has 12 nitrogen and oxygen atoms in total. The van der Waals surface area contributed by atoms with Gasteiger partial charge in [-0.3, -0.25) is 4.57 Å². The monoisotopic (exact) mass is 924 g/mol. The average Bonchev–Trinajstić information content (AvgIpc) is 3.74. The Balaban J connectivity index is 1.34. The number of benzene rings is 3. The van der Waals surface area contributed by atoms with Crippen molar-refractivity contribution < 1.29 is 27.5 Å². The number of esters is 1. The second-order valence-electron chi connectivity index (χ2n) is 21.8. The molecule has 4 atom stereocenters. The molecule has 3 heterocycles. The van der Waals surface area contributed by atoms with E-state index in [2.05, 4.69) is 136 Å². The van der Waals surface area contributed by atoms with Gasteiger partial charge in [-0.15, -0.1) is 0 Å². The Bertz CT molecular complexity index is 2390. The first-order valence-electron chi connectivity index (χ1n) is 22.5. The molecule has 0 saturated carbocycles. The van der Waals surface area contributed by atoms with Crippen molar-refractivity contribution in [2.45, 2.75) is 154 Å². The number of nitrogens with zero attached hydrogens (tertiary/aromatic N) is 4. The largest absolute Gasteiger partial charge is 0.457 e. The number of hydrogen-bond donors (Lipinski definition) is 2. The van der Waals surface area contributed by atoms with Crippen LogP contribution in [-0.2, 0) is 35.9 Å². The molecule has 1 aliphatic heterocycles. The van der Waals surface area contributed by atoms with Crippen molar-refractivity contribution in [2.24, 2.45) is 0 Å². The molecule has 0 spiro atoms. The molecule has 3 N–H and O–H groups in total. The van der Waals surface area contributed by atoms with Crippen molar-refractivity contribution in [3.8, 4) is 11.1 Å². The number of rotatable bonds is 15. The van der Waals surface area contributed by atoms with E-state index in [4.69, 9.17) is 38.5 Å². The molecule has 1 saturated heterocycles. The van der Waals surface area contributed by atoms with Crippen molar-refractivity contribution in [2.75, 3.05) is 17.7 Å². The SMILES string of the molecule is CC(C)(C)[Si](C)(C)OC[C@H]1O[C@@H](n2c(NCc3ccc(-c4cccc(C(=O)OCc5ccccc5)c4)cc3)nc3c(N)ncnc32)[C@H](O[Si](C)(C)C(C)(C)C)[C@@H]1O[Si](C)(C)C(C)(C)C. The van der Waals surface area contributed by atoms with Crippen LogP contribution in [0.5, 0.6) is 0 Å². The molecule has 64 heavy (non-hydrogen) atoms. The molecule has 1 aliphatic rings. The van der Waals surface area contributed by atoms with Crippen LogP contribution in [0.1, 0.15) is 90.0 Å². The van der Waals surface area contributed by atoms with Crippen LogP contribution in [0.4, 0.5) is 11.8 Å². The van der Waals surface area contributed by atoms with E-state index in [1.165, 1.54) is 6.33 Å². The van der Waals surface area contributed by atoms with E-state index in [0.717, 1.165) is 22.3 Å². The lowest BCUT2D eigenvalue weighted by Gasteiger charge is -2.44. The van der Waals surface area contributed by atoms with Gasteiger partial charge in [0.1, 0.15) is 31.2 Å². The number of ether oxygens (including phenoxy) is 2. The molecule has 1 fully saturated rings. The molecule has 0 unspecified atom stereocenters. The minimum atomic E-state index is -2.45. The topological polar surface area (TPSA) is 145 Å². The van der Waals surface area contributed by atoms with E-state index in [-0.39, 0.29) is 33.5 Å². The lowest BCUT2D eigenvalue weighted by atomic mass is 10.0. The Morgan fingerprint density at radius 3 is 1.95 bits per heavy atom. The summed E-state index contributed by atoms with van der Waals surface area (Å²) in [4.78, 5) is 27.1. The minimum Gasteiger partial charge on any atom is -0.457 e. The Morgan fingerprint density at radius 1 is 0.734 bits per heavy atom. The molecule has 3 aromatic carbocycles. The standard InChI is InChI=1S/C49H72N6O6Si3/c1-47(2,3)62(10,11)58-31-38-40(60-63(12,13)48(4,5)6)41(61-64(14,15)49(7,8)9)44(59-38)55-43-39(42(50)52-32-53-43)54-46(55)51-29-33-24-26-35(27-25-33)36-22-19-23-37(28-36)45(56)57-30-34-20-17-16-18-21-34/h16-28,32,38,40-41,44H,29-31H2,1-15H3,(H,51,54)(H2,50,52,53)/t38-,40-,41-,44-/m1/s1. The van der Waals surface area contributed by atoms with Crippen LogP contribution in [0, 0.1) is 0 Å². The number of nitrogens with one attached hydrogen (secondary N) is 1. The molecular weight excluding hydrogens is 853 g/mol. The smallest absolute Gasteiger partial charge is 0.338 e. The highest BCUT2D eigenvalue weighted by Crippen LogP contribution is 2.48. The Labute approximate surface area is 384 Å². The van der Waals surface area contributed by atoms with Crippen molar-refractivity contribution in [3.05, 3.63) is 102 Å². The van der Waals surface area contributed by atoms with Gasteiger partial charge in [-0.2, -0.15) is 0 Å². The predicted molar refractivity (Wildman–Crippen MR) is 266 cm³/mol. The summed E-state index contributed by atoms with van der Waals surface area (Å²) in [5.74, 6) is 0.434. The molecular formula is C49H72N6O6Si3. The molecule has 0 amide bonds. The normalized spacial score (nSPS) is 19.0. The lowest BCUT2D eigenvalue weighted by molar-refractivity contribution is -0.0461. The van der Waals surface area contributed by atoms with Gasteiger partial charge in [-0.1, -0.05) is 129 Å². The zero-order chi connectivity index (χ0) is 47.0. The van der Waals surface area contributed by atoms with Gasteiger partial charge in [0.05, 0.1) is 12.2 Å². The number of carbonyl (C=O) groups is 1. The summed E-state index contributed by atoms with van der Waals surface area (Å²) >= 11 is 0. The van der Waals surface area contributed by atoms with Crippen molar-refractivity contribution >= 4 is 53.9 Å². The number of fused-ring (bicyclic) bond motifs is 1. The summed E-state index contributed by atoms with van der Waals surface area (Å²) in [7, 11) is -7.03. The zero-order valence-corrected chi connectivity index (χ0v) is 43.8. The predicted octanol–water partition coefficient (Wildman–Crippen LogP) is 11.7. The van der Waals surface area contributed by atoms with Crippen LogP contribution in [-0.4, -0.2) is 75.4 Å². The summed E-state index contributed by atoms with van der Waals surface area (Å²) in [5.41, 5.74) is 11.9. The van der Waals surface area contributed by atoms with Crippen molar-refractivity contribution in [3.63, 3.8) is 0 Å². The highest BCUT2D eigenvalue weighted by molar-refractivity contribution is 6.75. The highest BCUT2D eigenvalue weighted by Gasteiger charge is 2.55. The summed E-state index contributed by atoms with van der Waals surface area (Å²) in [5, 5.41) is 3.45. The molecule has 2 aromatic heterocycles. The average molecular weight is 925 g/mol. The highest BCUT2D eigenvalue weighted by atomic mass is 28.4. The Kier molecular flexibility index (Phi) is 14.3. The molecule has 15 heteroatoms.